The van der Waals surface area contributed by atoms with E-state index in [2.05, 4.69) is 65.0 Å². The largest absolute Gasteiger partial charge is 0.458 e. The summed E-state index contributed by atoms with van der Waals surface area (Å²) in [6.45, 7) is 11.1. The molecule has 0 spiro atoms. The molecule has 1 aromatic rings. The minimum absolute atomic E-state index is 0.0597. The van der Waals surface area contributed by atoms with Gasteiger partial charge < -0.3 is 9.31 Å². The highest BCUT2D eigenvalue weighted by Crippen LogP contribution is 2.66. The highest BCUT2D eigenvalue weighted by atomic mass is 16.7. The van der Waals surface area contributed by atoms with Crippen LogP contribution < -0.4 is 0 Å². The zero-order chi connectivity index (χ0) is 19.3. The summed E-state index contributed by atoms with van der Waals surface area (Å²) in [5.41, 5.74) is 1.47. The van der Waals surface area contributed by atoms with Crippen molar-refractivity contribution < 1.29 is 9.31 Å². The fourth-order valence-electron chi connectivity index (χ4n) is 6.26. The molecule has 2 unspecified atom stereocenters. The molecule has 1 aliphatic heterocycles. The summed E-state index contributed by atoms with van der Waals surface area (Å²) in [7, 11) is -0.0597. The third-order valence-electron chi connectivity index (χ3n) is 8.48. The Bertz CT molecular complexity index is 634. The van der Waals surface area contributed by atoms with Crippen LogP contribution in [0.5, 0.6) is 0 Å². The number of benzene rings is 1. The van der Waals surface area contributed by atoms with Gasteiger partial charge in [-0.3, -0.25) is 0 Å². The molecule has 0 aromatic heterocycles. The smallest absolute Gasteiger partial charge is 0.403 e. The monoisotopic (exact) mass is 368 g/mol. The average Bonchev–Trinajstić information content (AvgIpc) is 3.17. The maximum absolute atomic E-state index is 6.43. The molecular formula is C24H37BO2. The van der Waals surface area contributed by atoms with Gasteiger partial charge in [0.1, 0.15) is 0 Å². The van der Waals surface area contributed by atoms with E-state index >= 15 is 0 Å². The van der Waals surface area contributed by atoms with Crippen molar-refractivity contribution in [2.24, 2.45) is 17.3 Å². The molecule has 1 heterocycles. The van der Waals surface area contributed by atoms with Crippen molar-refractivity contribution in [1.29, 1.82) is 0 Å². The first kappa shape index (κ1) is 19.5. The lowest BCUT2D eigenvalue weighted by molar-refractivity contribution is -0.0332. The Hall–Kier alpha value is -0.795. The molecule has 148 valence electrons. The van der Waals surface area contributed by atoms with E-state index in [1.54, 1.807) is 5.56 Å². The molecule has 0 N–H and O–H groups in total. The predicted octanol–water partition coefficient (Wildman–Crippen LogP) is 6.47. The van der Waals surface area contributed by atoms with Crippen LogP contribution in [0.15, 0.2) is 30.3 Å². The van der Waals surface area contributed by atoms with Crippen LogP contribution in [-0.4, -0.2) is 18.3 Å². The average molecular weight is 368 g/mol. The molecule has 3 heteroatoms. The van der Waals surface area contributed by atoms with E-state index in [1.165, 1.54) is 38.5 Å². The first-order valence-electron chi connectivity index (χ1n) is 11.2. The molecule has 4 rings (SSSR count). The van der Waals surface area contributed by atoms with Crippen LogP contribution in [0.25, 0.3) is 0 Å². The van der Waals surface area contributed by atoms with Crippen molar-refractivity contribution in [3.63, 3.8) is 0 Å². The van der Waals surface area contributed by atoms with Crippen molar-refractivity contribution in [2.75, 3.05) is 0 Å². The Labute approximate surface area is 166 Å². The molecule has 2 saturated carbocycles. The number of hydrogen-bond acceptors (Lipinski definition) is 2. The molecule has 27 heavy (non-hydrogen) atoms. The first-order valence-corrected chi connectivity index (χ1v) is 11.2. The maximum Gasteiger partial charge on any atom is 0.458 e. The van der Waals surface area contributed by atoms with Crippen LogP contribution in [0.1, 0.15) is 84.6 Å². The van der Waals surface area contributed by atoms with Crippen molar-refractivity contribution >= 4 is 7.12 Å². The van der Waals surface area contributed by atoms with Gasteiger partial charge in [0.2, 0.25) is 0 Å². The van der Waals surface area contributed by atoms with Crippen LogP contribution in [0, 0.1) is 17.3 Å². The van der Waals surface area contributed by atoms with Gasteiger partial charge >= 0.3 is 7.12 Å². The van der Waals surface area contributed by atoms with E-state index in [1.807, 2.05) is 0 Å². The van der Waals surface area contributed by atoms with Gasteiger partial charge in [0.25, 0.3) is 0 Å². The molecule has 3 fully saturated rings. The van der Waals surface area contributed by atoms with Gasteiger partial charge in [-0.15, -0.1) is 0 Å². The highest BCUT2D eigenvalue weighted by Gasteiger charge is 2.60. The van der Waals surface area contributed by atoms with Crippen molar-refractivity contribution in [3.05, 3.63) is 35.9 Å². The molecule has 3 aliphatic rings. The second-order valence-corrected chi connectivity index (χ2v) is 10.4. The minimum atomic E-state index is -0.224. The molecule has 3 atom stereocenters. The fourth-order valence-corrected chi connectivity index (χ4v) is 6.26. The summed E-state index contributed by atoms with van der Waals surface area (Å²) in [6.07, 6.45) is 9.25. The Morgan fingerprint density at radius 3 is 2.11 bits per heavy atom. The van der Waals surface area contributed by atoms with E-state index in [-0.39, 0.29) is 18.3 Å². The molecule has 0 bridgehead atoms. The second kappa shape index (κ2) is 6.92. The third-order valence-corrected chi connectivity index (χ3v) is 8.48. The molecule has 2 nitrogen and oxygen atoms in total. The van der Waals surface area contributed by atoms with Gasteiger partial charge in [-0.2, -0.15) is 0 Å². The van der Waals surface area contributed by atoms with E-state index in [0.717, 1.165) is 24.1 Å². The highest BCUT2D eigenvalue weighted by molar-refractivity contribution is 6.45. The van der Waals surface area contributed by atoms with E-state index in [0.29, 0.717) is 5.41 Å². The SMILES string of the molecule is CC[C@@]1(CB2OC(C)(C)C(C)(C)O2)CC(c2ccccc2)C1C1CCCC1. The standard InChI is InChI=1S/C24H37BO2/c1-6-24(17-25-26-22(2,3)23(4,5)27-25)16-20(18-12-8-7-9-13-18)21(24)19-14-10-11-15-19/h7-9,12-13,19-21H,6,10-11,14-17H2,1-5H3/t20?,21?,24-/m0/s1. The molecular weight excluding hydrogens is 331 g/mol. The van der Waals surface area contributed by atoms with E-state index in [4.69, 9.17) is 9.31 Å². The number of rotatable bonds is 5. The Morgan fingerprint density at radius 1 is 0.963 bits per heavy atom. The van der Waals surface area contributed by atoms with Gasteiger partial charge in [0.15, 0.2) is 0 Å². The molecule has 0 amide bonds. The summed E-state index contributed by atoms with van der Waals surface area (Å²) in [4.78, 5) is 0. The van der Waals surface area contributed by atoms with Crippen molar-refractivity contribution in [2.45, 2.75) is 96.6 Å². The lowest BCUT2D eigenvalue weighted by atomic mass is 9.42. The minimum Gasteiger partial charge on any atom is -0.403 e. The molecule has 1 saturated heterocycles. The lowest BCUT2D eigenvalue weighted by Gasteiger charge is -2.59. The fraction of sp³-hybridized carbons (Fsp3) is 0.750. The zero-order valence-corrected chi connectivity index (χ0v) is 18.0. The zero-order valence-electron chi connectivity index (χ0n) is 18.0. The van der Waals surface area contributed by atoms with Crippen molar-refractivity contribution in [1.82, 2.24) is 0 Å². The van der Waals surface area contributed by atoms with Crippen molar-refractivity contribution in [3.8, 4) is 0 Å². The quantitative estimate of drug-likeness (QED) is 0.555. The maximum atomic E-state index is 6.43. The first-order chi connectivity index (χ1) is 12.8. The Kier molecular flexibility index (Phi) is 5.00. The van der Waals surface area contributed by atoms with Crippen LogP contribution in [-0.2, 0) is 9.31 Å². The summed E-state index contributed by atoms with van der Waals surface area (Å²) < 4.78 is 12.9. The van der Waals surface area contributed by atoms with Crippen LogP contribution in [0.2, 0.25) is 6.32 Å². The van der Waals surface area contributed by atoms with Crippen LogP contribution in [0.4, 0.5) is 0 Å². The van der Waals surface area contributed by atoms with Gasteiger partial charge in [0, 0.05) is 0 Å². The summed E-state index contributed by atoms with van der Waals surface area (Å²) in [6, 6.07) is 11.3. The summed E-state index contributed by atoms with van der Waals surface area (Å²) in [5.74, 6) is 2.38. The third kappa shape index (κ3) is 3.29. The topological polar surface area (TPSA) is 18.5 Å². The summed E-state index contributed by atoms with van der Waals surface area (Å²) >= 11 is 0. The predicted molar refractivity (Wildman–Crippen MR) is 113 cm³/mol. The molecule has 1 aromatic carbocycles. The Morgan fingerprint density at radius 2 is 1.56 bits per heavy atom. The molecule has 0 radical (unpaired) electrons. The van der Waals surface area contributed by atoms with Gasteiger partial charge in [-0.25, -0.2) is 0 Å². The Balaban J connectivity index is 1.57. The normalized spacial score (nSPS) is 35.4. The summed E-state index contributed by atoms with van der Waals surface area (Å²) in [5, 5.41) is 0. The van der Waals surface area contributed by atoms with Crippen LogP contribution in [0.3, 0.4) is 0 Å². The molecule has 2 aliphatic carbocycles. The van der Waals surface area contributed by atoms with E-state index in [9.17, 15) is 0 Å². The number of hydrogen-bond donors (Lipinski definition) is 0. The van der Waals surface area contributed by atoms with Gasteiger partial charge in [-0.05, 0) is 69.2 Å². The van der Waals surface area contributed by atoms with Gasteiger partial charge in [0.05, 0.1) is 11.2 Å². The van der Waals surface area contributed by atoms with E-state index < -0.39 is 0 Å². The second-order valence-electron chi connectivity index (χ2n) is 10.4. The lowest BCUT2D eigenvalue weighted by Crippen LogP contribution is -2.51. The van der Waals surface area contributed by atoms with Crippen LogP contribution >= 0.6 is 0 Å². The van der Waals surface area contributed by atoms with Gasteiger partial charge in [-0.1, -0.05) is 69.4 Å².